The van der Waals surface area contributed by atoms with Gasteiger partial charge >= 0.3 is 0 Å². The first kappa shape index (κ1) is 14.4. The predicted octanol–water partition coefficient (Wildman–Crippen LogP) is 1.52. The summed E-state index contributed by atoms with van der Waals surface area (Å²) in [6.45, 7) is 4.89. The topological polar surface area (TPSA) is 58.1 Å². The molecule has 0 bridgehead atoms. The number of hydrogen-bond donors (Lipinski definition) is 1. The van der Waals surface area contributed by atoms with Crippen LogP contribution < -0.4 is 5.32 Å². The number of aromatic nitrogens is 2. The monoisotopic (exact) mass is 288 g/mol. The molecule has 1 saturated heterocycles. The zero-order valence-corrected chi connectivity index (χ0v) is 12.9. The van der Waals surface area contributed by atoms with Gasteiger partial charge in [0.15, 0.2) is 0 Å². The molecule has 21 heavy (non-hydrogen) atoms. The van der Waals surface area contributed by atoms with E-state index in [0.29, 0.717) is 0 Å². The smallest absolute Gasteiger partial charge is 0.223 e. The minimum absolute atomic E-state index is 0.196. The van der Waals surface area contributed by atoms with Gasteiger partial charge in [-0.05, 0) is 38.1 Å². The van der Waals surface area contributed by atoms with Crippen molar-refractivity contribution < 1.29 is 4.79 Å². The molecule has 2 heterocycles. The van der Waals surface area contributed by atoms with Crippen LogP contribution in [0.1, 0.15) is 37.1 Å². The second kappa shape index (κ2) is 5.72. The van der Waals surface area contributed by atoms with Gasteiger partial charge in [0.2, 0.25) is 5.91 Å². The van der Waals surface area contributed by atoms with E-state index in [1.807, 2.05) is 19.3 Å². The molecule has 2 aliphatic rings. The Morgan fingerprint density at radius 2 is 2.19 bits per heavy atom. The summed E-state index contributed by atoms with van der Waals surface area (Å²) in [5, 5.41) is 2.85. The van der Waals surface area contributed by atoms with Crippen LogP contribution in [0.3, 0.4) is 0 Å². The Bertz CT molecular complexity index is 516. The van der Waals surface area contributed by atoms with Crippen molar-refractivity contribution in [1.29, 1.82) is 0 Å². The average Bonchev–Trinajstić information content (AvgIpc) is 3.08. The molecule has 0 aromatic carbocycles. The summed E-state index contributed by atoms with van der Waals surface area (Å²) in [5.74, 6) is 1.24. The number of nitrogens with zero attached hydrogens (tertiary/aromatic N) is 3. The number of likely N-dealkylation sites (tertiary alicyclic amines) is 1. The lowest BCUT2D eigenvalue weighted by molar-refractivity contribution is -0.127. The molecule has 1 aliphatic carbocycles. The lowest BCUT2D eigenvalue weighted by atomic mass is 9.76. The fourth-order valence-electron chi connectivity index (χ4n) is 4.09. The van der Waals surface area contributed by atoms with Crippen molar-refractivity contribution in [3.63, 3.8) is 0 Å². The van der Waals surface area contributed by atoms with Crippen LogP contribution in [0.15, 0.2) is 12.4 Å². The first-order valence-electron chi connectivity index (χ1n) is 7.84. The number of nitrogens with one attached hydrogen (secondary N) is 1. The van der Waals surface area contributed by atoms with E-state index in [9.17, 15) is 4.79 Å². The fourth-order valence-corrected chi connectivity index (χ4v) is 4.09. The van der Waals surface area contributed by atoms with Crippen LogP contribution in [-0.2, 0) is 11.3 Å². The number of hydrogen-bond acceptors (Lipinski definition) is 4. The molecule has 2 atom stereocenters. The summed E-state index contributed by atoms with van der Waals surface area (Å²) < 4.78 is 0. The second-order valence-corrected chi connectivity index (χ2v) is 6.52. The maximum Gasteiger partial charge on any atom is 0.223 e. The Morgan fingerprint density at radius 1 is 1.43 bits per heavy atom. The van der Waals surface area contributed by atoms with Crippen molar-refractivity contribution in [2.24, 2.45) is 11.3 Å². The predicted molar refractivity (Wildman–Crippen MR) is 80.5 cm³/mol. The van der Waals surface area contributed by atoms with Gasteiger partial charge in [-0.1, -0.05) is 6.42 Å². The van der Waals surface area contributed by atoms with E-state index in [0.717, 1.165) is 43.9 Å². The standard InChI is InChI=1S/C16H24N4O/c1-12-18-8-13(9-19-12)10-20-7-6-16(11-20)5-3-4-14(16)15(21)17-2/h8-9,14H,3-7,10-11H2,1-2H3,(H,17,21)/t14-,16-/m0/s1. The van der Waals surface area contributed by atoms with Gasteiger partial charge in [-0.25, -0.2) is 9.97 Å². The molecule has 3 rings (SSSR count). The first-order chi connectivity index (χ1) is 10.1. The van der Waals surface area contributed by atoms with E-state index in [1.165, 1.54) is 12.8 Å². The highest BCUT2D eigenvalue weighted by Crippen LogP contribution is 2.49. The SMILES string of the molecule is CNC(=O)[C@@H]1CCC[C@@]12CCN(Cc1cnc(C)nc1)C2. The normalized spacial score (nSPS) is 29.1. The van der Waals surface area contributed by atoms with Crippen molar-refractivity contribution >= 4 is 5.91 Å². The third kappa shape index (κ3) is 2.79. The molecule has 1 aromatic rings. The molecule has 1 saturated carbocycles. The summed E-state index contributed by atoms with van der Waals surface area (Å²) in [5.41, 5.74) is 1.36. The average molecular weight is 288 g/mol. The highest BCUT2D eigenvalue weighted by atomic mass is 16.1. The van der Waals surface area contributed by atoms with Crippen LogP contribution in [0.2, 0.25) is 0 Å². The van der Waals surface area contributed by atoms with Crippen molar-refractivity contribution in [2.45, 2.75) is 39.2 Å². The third-order valence-electron chi connectivity index (χ3n) is 5.17. The van der Waals surface area contributed by atoms with E-state index in [1.54, 1.807) is 7.05 Å². The minimum Gasteiger partial charge on any atom is -0.359 e. The van der Waals surface area contributed by atoms with Gasteiger partial charge in [0.25, 0.3) is 0 Å². The molecular weight excluding hydrogens is 264 g/mol. The van der Waals surface area contributed by atoms with Crippen molar-refractivity contribution in [3.8, 4) is 0 Å². The fraction of sp³-hybridized carbons (Fsp3) is 0.688. The summed E-state index contributed by atoms with van der Waals surface area (Å²) >= 11 is 0. The van der Waals surface area contributed by atoms with Crippen LogP contribution in [0.5, 0.6) is 0 Å². The van der Waals surface area contributed by atoms with Crippen molar-refractivity contribution in [2.75, 3.05) is 20.1 Å². The van der Waals surface area contributed by atoms with Crippen molar-refractivity contribution in [1.82, 2.24) is 20.2 Å². The Morgan fingerprint density at radius 3 is 2.90 bits per heavy atom. The van der Waals surface area contributed by atoms with Crippen LogP contribution >= 0.6 is 0 Å². The van der Waals surface area contributed by atoms with Crippen molar-refractivity contribution in [3.05, 3.63) is 23.8 Å². The van der Waals surface area contributed by atoms with E-state index in [4.69, 9.17) is 0 Å². The zero-order valence-electron chi connectivity index (χ0n) is 12.9. The Balaban J connectivity index is 1.67. The number of amides is 1. The first-order valence-corrected chi connectivity index (χ1v) is 7.84. The number of carbonyl (C=O) groups is 1. The number of aryl methyl sites for hydroxylation is 1. The summed E-state index contributed by atoms with van der Waals surface area (Å²) in [7, 11) is 1.75. The van der Waals surface area contributed by atoms with Gasteiger partial charge in [-0.3, -0.25) is 9.69 Å². The minimum atomic E-state index is 0.196. The Labute approximate surface area is 126 Å². The molecule has 114 valence electrons. The Kier molecular flexibility index (Phi) is 3.93. The lowest BCUT2D eigenvalue weighted by Crippen LogP contribution is -2.39. The number of carbonyl (C=O) groups excluding carboxylic acids is 1. The van der Waals surface area contributed by atoms with E-state index < -0.39 is 0 Å². The van der Waals surface area contributed by atoms with Gasteiger partial charge in [0.1, 0.15) is 5.82 Å². The van der Waals surface area contributed by atoms with Gasteiger partial charge in [0.05, 0.1) is 0 Å². The van der Waals surface area contributed by atoms with Crippen LogP contribution in [0, 0.1) is 18.3 Å². The van der Waals surface area contributed by atoms with Gasteiger partial charge in [-0.2, -0.15) is 0 Å². The lowest BCUT2D eigenvalue weighted by Gasteiger charge is -2.30. The summed E-state index contributed by atoms with van der Waals surface area (Å²) in [6.07, 6.45) is 8.38. The number of rotatable bonds is 3. The molecule has 1 amide bonds. The highest BCUT2D eigenvalue weighted by Gasteiger charge is 2.49. The molecule has 0 unspecified atom stereocenters. The quantitative estimate of drug-likeness (QED) is 0.916. The van der Waals surface area contributed by atoms with Gasteiger partial charge < -0.3 is 5.32 Å². The molecule has 5 nitrogen and oxygen atoms in total. The molecule has 1 spiro atoms. The van der Waals surface area contributed by atoms with E-state index in [2.05, 4.69) is 20.2 Å². The molecule has 5 heteroatoms. The second-order valence-electron chi connectivity index (χ2n) is 6.52. The third-order valence-corrected chi connectivity index (χ3v) is 5.17. The van der Waals surface area contributed by atoms with Gasteiger partial charge in [-0.15, -0.1) is 0 Å². The van der Waals surface area contributed by atoms with Crippen LogP contribution in [-0.4, -0.2) is 40.9 Å². The van der Waals surface area contributed by atoms with Crippen LogP contribution in [0.4, 0.5) is 0 Å². The van der Waals surface area contributed by atoms with E-state index in [-0.39, 0.29) is 17.2 Å². The zero-order chi connectivity index (χ0) is 14.9. The molecule has 1 aliphatic heterocycles. The molecular formula is C16H24N4O. The van der Waals surface area contributed by atoms with E-state index >= 15 is 0 Å². The summed E-state index contributed by atoms with van der Waals surface area (Å²) in [6, 6.07) is 0. The highest BCUT2D eigenvalue weighted by molar-refractivity contribution is 5.79. The molecule has 0 radical (unpaired) electrons. The van der Waals surface area contributed by atoms with Crippen LogP contribution in [0.25, 0.3) is 0 Å². The maximum atomic E-state index is 12.1. The Hall–Kier alpha value is -1.49. The molecule has 1 N–H and O–H groups in total. The molecule has 2 fully saturated rings. The maximum absolute atomic E-state index is 12.1. The van der Waals surface area contributed by atoms with Gasteiger partial charge in [0, 0.05) is 44.0 Å². The summed E-state index contributed by atoms with van der Waals surface area (Å²) in [4.78, 5) is 23.1. The largest absolute Gasteiger partial charge is 0.359 e. The molecule has 1 aromatic heterocycles.